The topological polar surface area (TPSA) is 67.4 Å². The molecule has 2 N–H and O–H groups in total. The maximum absolute atomic E-state index is 12.3. The van der Waals surface area contributed by atoms with Crippen molar-refractivity contribution in [1.82, 2.24) is 10.6 Å². The molecule has 0 aliphatic heterocycles. The maximum Gasteiger partial charge on any atom is 0.251 e. The van der Waals surface area contributed by atoms with Crippen molar-refractivity contribution in [2.45, 2.75) is 52.3 Å². The van der Waals surface area contributed by atoms with E-state index in [1.54, 1.807) is 12.1 Å². The zero-order valence-corrected chi connectivity index (χ0v) is 16.4. The van der Waals surface area contributed by atoms with Crippen LogP contribution in [0.1, 0.15) is 56.1 Å². The van der Waals surface area contributed by atoms with E-state index >= 15 is 0 Å². The highest BCUT2D eigenvalue weighted by molar-refractivity contribution is 5.94. The number of carbonyl (C=O) groups excluding carboxylic acids is 2. The SMILES string of the molecule is CC(CC(=O)NC(C)c1cccc(OC(C)C)c1)NC(=O)c1ccccc1. The zero-order valence-electron chi connectivity index (χ0n) is 16.4. The number of hydrogen-bond acceptors (Lipinski definition) is 3. The second kappa shape index (κ2) is 9.76. The molecule has 0 bridgehead atoms. The molecule has 5 nitrogen and oxygen atoms in total. The van der Waals surface area contributed by atoms with Crippen molar-refractivity contribution in [3.8, 4) is 5.75 Å². The molecule has 0 heterocycles. The molecule has 0 spiro atoms. The molecule has 2 aromatic carbocycles. The molecule has 27 heavy (non-hydrogen) atoms. The molecular formula is C22H28N2O3. The average Bonchev–Trinajstić information content (AvgIpc) is 2.61. The van der Waals surface area contributed by atoms with Crippen LogP contribution < -0.4 is 15.4 Å². The van der Waals surface area contributed by atoms with Gasteiger partial charge in [0.2, 0.25) is 5.91 Å². The largest absolute Gasteiger partial charge is 0.491 e. The Labute approximate surface area is 161 Å². The molecule has 0 saturated heterocycles. The van der Waals surface area contributed by atoms with E-state index in [-0.39, 0.29) is 36.4 Å². The van der Waals surface area contributed by atoms with E-state index in [2.05, 4.69) is 10.6 Å². The summed E-state index contributed by atoms with van der Waals surface area (Å²) in [5.41, 5.74) is 1.56. The minimum Gasteiger partial charge on any atom is -0.491 e. The monoisotopic (exact) mass is 368 g/mol. The van der Waals surface area contributed by atoms with Crippen LogP contribution in [0, 0.1) is 0 Å². The van der Waals surface area contributed by atoms with Gasteiger partial charge in [0, 0.05) is 18.0 Å². The predicted octanol–water partition coefficient (Wildman–Crippen LogP) is 3.86. The Morgan fingerprint density at radius 3 is 2.30 bits per heavy atom. The molecule has 2 rings (SSSR count). The quantitative estimate of drug-likeness (QED) is 0.743. The minimum absolute atomic E-state index is 0.0965. The Bertz CT molecular complexity index is 759. The van der Waals surface area contributed by atoms with Crippen LogP contribution in [-0.4, -0.2) is 24.0 Å². The molecule has 0 saturated carbocycles. The summed E-state index contributed by atoms with van der Waals surface area (Å²) in [6, 6.07) is 16.3. The van der Waals surface area contributed by atoms with Gasteiger partial charge in [-0.2, -0.15) is 0 Å². The lowest BCUT2D eigenvalue weighted by atomic mass is 10.1. The predicted molar refractivity (Wildman–Crippen MR) is 107 cm³/mol. The van der Waals surface area contributed by atoms with Gasteiger partial charge in [0.15, 0.2) is 0 Å². The van der Waals surface area contributed by atoms with Crippen LogP contribution >= 0.6 is 0 Å². The lowest BCUT2D eigenvalue weighted by Crippen LogP contribution is -2.37. The highest BCUT2D eigenvalue weighted by Gasteiger charge is 2.16. The molecule has 2 unspecified atom stereocenters. The third-order valence-corrected chi connectivity index (χ3v) is 4.01. The summed E-state index contributed by atoms with van der Waals surface area (Å²) in [5, 5.41) is 5.83. The van der Waals surface area contributed by atoms with Crippen LogP contribution in [0.3, 0.4) is 0 Å². The van der Waals surface area contributed by atoms with Gasteiger partial charge in [-0.25, -0.2) is 0 Å². The highest BCUT2D eigenvalue weighted by atomic mass is 16.5. The molecule has 0 aliphatic carbocycles. The lowest BCUT2D eigenvalue weighted by Gasteiger charge is -2.18. The van der Waals surface area contributed by atoms with Crippen LogP contribution in [0.15, 0.2) is 54.6 Å². The molecule has 2 aromatic rings. The van der Waals surface area contributed by atoms with Crippen molar-refractivity contribution in [3.63, 3.8) is 0 Å². The first-order valence-electron chi connectivity index (χ1n) is 9.27. The van der Waals surface area contributed by atoms with E-state index in [1.807, 2.05) is 70.2 Å². The molecule has 0 aromatic heterocycles. The molecule has 0 fully saturated rings. The molecule has 144 valence electrons. The van der Waals surface area contributed by atoms with Gasteiger partial charge >= 0.3 is 0 Å². The summed E-state index contributed by atoms with van der Waals surface area (Å²) in [6.45, 7) is 7.70. The summed E-state index contributed by atoms with van der Waals surface area (Å²) in [4.78, 5) is 24.5. The Morgan fingerprint density at radius 2 is 1.63 bits per heavy atom. The van der Waals surface area contributed by atoms with Crippen LogP contribution in [0.2, 0.25) is 0 Å². The van der Waals surface area contributed by atoms with E-state index in [0.717, 1.165) is 11.3 Å². The Hall–Kier alpha value is -2.82. The van der Waals surface area contributed by atoms with Gasteiger partial charge in [0.05, 0.1) is 12.1 Å². The molecule has 0 aliphatic rings. The van der Waals surface area contributed by atoms with Gasteiger partial charge in [-0.15, -0.1) is 0 Å². The number of hydrogen-bond donors (Lipinski definition) is 2. The number of rotatable bonds is 8. The fourth-order valence-corrected chi connectivity index (χ4v) is 2.74. The molecule has 2 atom stereocenters. The van der Waals surface area contributed by atoms with Crippen LogP contribution in [0.5, 0.6) is 5.75 Å². The highest BCUT2D eigenvalue weighted by Crippen LogP contribution is 2.20. The summed E-state index contributed by atoms with van der Waals surface area (Å²) in [6.07, 6.45) is 0.310. The van der Waals surface area contributed by atoms with Gasteiger partial charge in [-0.3, -0.25) is 9.59 Å². The number of ether oxygens (including phenoxy) is 1. The minimum atomic E-state index is -0.263. The van der Waals surface area contributed by atoms with E-state index in [0.29, 0.717) is 5.56 Å². The fourth-order valence-electron chi connectivity index (χ4n) is 2.74. The van der Waals surface area contributed by atoms with E-state index in [4.69, 9.17) is 4.74 Å². The number of nitrogens with one attached hydrogen (secondary N) is 2. The van der Waals surface area contributed by atoms with Crippen molar-refractivity contribution >= 4 is 11.8 Å². The zero-order chi connectivity index (χ0) is 19.8. The number of amides is 2. The third-order valence-electron chi connectivity index (χ3n) is 4.01. The summed E-state index contributed by atoms with van der Waals surface area (Å²) in [7, 11) is 0. The van der Waals surface area contributed by atoms with Gasteiger partial charge in [-0.05, 0) is 57.5 Å². The average molecular weight is 368 g/mol. The van der Waals surface area contributed by atoms with Gasteiger partial charge in [-0.1, -0.05) is 30.3 Å². The van der Waals surface area contributed by atoms with Crippen LogP contribution in [-0.2, 0) is 4.79 Å². The lowest BCUT2D eigenvalue weighted by molar-refractivity contribution is -0.122. The van der Waals surface area contributed by atoms with Gasteiger partial charge < -0.3 is 15.4 Å². The van der Waals surface area contributed by atoms with Crippen LogP contribution in [0.25, 0.3) is 0 Å². The summed E-state index contributed by atoms with van der Waals surface area (Å²) >= 11 is 0. The molecular weight excluding hydrogens is 340 g/mol. The van der Waals surface area contributed by atoms with Gasteiger partial charge in [0.25, 0.3) is 5.91 Å². The standard InChI is InChI=1S/C22H28N2O3/c1-15(2)27-20-12-8-11-19(14-20)17(4)24-21(25)13-16(3)23-22(26)18-9-6-5-7-10-18/h5-12,14-17H,13H2,1-4H3,(H,23,26)(H,24,25). The van der Waals surface area contributed by atoms with Crippen molar-refractivity contribution in [3.05, 3.63) is 65.7 Å². The molecule has 5 heteroatoms. The van der Waals surface area contributed by atoms with E-state index in [9.17, 15) is 9.59 Å². The van der Waals surface area contributed by atoms with Crippen molar-refractivity contribution in [1.29, 1.82) is 0 Å². The van der Waals surface area contributed by atoms with Crippen LogP contribution in [0.4, 0.5) is 0 Å². The second-order valence-corrected chi connectivity index (χ2v) is 6.97. The van der Waals surface area contributed by atoms with Crippen molar-refractivity contribution in [2.75, 3.05) is 0 Å². The Balaban J connectivity index is 1.86. The smallest absolute Gasteiger partial charge is 0.251 e. The summed E-state index contributed by atoms with van der Waals surface area (Å²) < 4.78 is 5.70. The Kier molecular flexibility index (Phi) is 7.41. The number of carbonyl (C=O) groups is 2. The Morgan fingerprint density at radius 1 is 0.926 bits per heavy atom. The molecule has 0 radical (unpaired) electrons. The van der Waals surface area contributed by atoms with E-state index in [1.165, 1.54) is 0 Å². The normalized spacial score (nSPS) is 12.9. The molecule has 2 amide bonds. The maximum atomic E-state index is 12.3. The van der Waals surface area contributed by atoms with Crippen molar-refractivity contribution in [2.24, 2.45) is 0 Å². The second-order valence-electron chi connectivity index (χ2n) is 6.97. The first-order valence-corrected chi connectivity index (χ1v) is 9.27. The third kappa shape index (κ3) is 6.77. The van der Waals surface area contributed by atoms with Crippen molar-refractivity contribution < 1.29 is 14.3 Å². The van der Waals surface area contributed by atoms with Gasteiger partial charge in [0.1, 0.15) is 5.75 Å². The first kappa shape index (κ1) is 20.5. The summed E-state index contributed by atoms with van der Waals surface area (Å²) in [5.74, 6) is 0.494. The van der Waals surface area contributed by atoms with E-state index < -0.39 is 0 Å². The first-order chi connectivity index (χ1) is 12.8. The number of benzene rings is 2. The fraction of sp³-hybridized carbons (Fsp3) is 0.364.